The number of hydrogen-bond acceptors (Lipinski definition) is 12. The van der Waals surface area contributed by atoms with Gasteiger partial charge in [0.05, 0.1) is 48.4 Å². The lowest BCUT2D eigenvalue weighted by Gasteiger charge is -2.34. The summed E-state index contributed by atoms with van der Waals surface area (Å²) in [6.07, 6.45) is 1.02. The Morgan fingerprint density at radius 2 is 1.81 bits per heavy atom. The molecule has 2 aromatic rings. The molecule has 17 heteroatoms. The molecule has 3 fully saturated rings. The van der Waals surface area contributed by atoms with Crippen molar-refractivity contribution < 1.29 is 51.7 Å². The molecule has 0 aromatic heterocycles. The SMILES string of the molecule is CCOC(=O)CNC(=O)NCCNc1cccc(S(=O)(=O)NOC2(C[C@@H](O)[C@H](Cc3ccccc3)NC(=O)O[C@@H]3CO[C@@H]4OCC[C@@H]43)CCCC2)c1. The zero-order valence-corrected chi connectivity index (χ0v) is 30.0. The van der Waals surface area contributed by atoms with Crippen molar-refractivity contribution in [2.45, 2.75) is 86.9 Å². The summed E-state index contributed by atoms with van der Waals surface area (Å²) in [7, 11) is -4.15. The summed E-state index contributed by atoms with van der Waals surface area (Å²) in [6.45, 7) is 2.88. The Bertz CT molecular complexity index is 1590. The van der Waals surface area contributed by atoms with E-state index in [9.17, 15) is 27.9 Å². The van der Waals surface area contributed by atoms with Crippen molar-refractivity contribution >= 4 is 33.8 Å². The standard InChI is InChI=1S/C35H49N5O11S/c1-2-47-31(42)22-38-33(43)37-17-16-36-25-11-8-12-26(20-25)52(45,46)40-51-35(14-6-7-15-35)21-29(41)28(19-24-9-4-3-5-10-24)39-34(44)50-30-23-49-32-27(30)13-18-48-32/h3-5,8-12,20,27-30,32,36,40-41H,2,6-7,13-19,21-23H2,1H3,(H,39,44)(H2,37,38,43)/t27-,28+,29-,30-,32+/m1/s1. The summed E-state index contributed by atoms with van der Waals surface area (Å²) < 4.78 is 48.4. The van der Waals surface area contributed by atoms with Gasteiger partial charge in [0.15, 0.2) is 6.29 Å². The number of aliphatic hydroxyl groups excluding tert-OH is 1. The van der Waals surface area contributed by atoms with Crippen LogP contribution in [0.25, 0.3) is 0 Å². The van der Waals surface area contributed by atoms with Gasteiger partial charge in [-0.2, -0.15) is 0 Å². The maximum atomic E-state index is 13.4. The van der Waals surface area contributed by atoms with Crippen molar-refractivity contribution in [1.82, 2.24) is 20.8 Å². The van der Waals surface area contributed by atoms with Crippen LogP contribution in [0.15, 0.2) is 59.5 Å². The first-order chi connectivity index (χ1) is 25.1. The second kappa shape index (κ2) is 18.7. The van der Waals surface area contributed by atoms with Crippen LogP contribution in [0.2, 0.25) is 0 Å². The molecule has 6 N–H and O–H groups in total. The minimum atomic E-state index is -4.15. The van der Waals surface area contributed by atoms with E-state index in [0.29, 0.717) is 31.6 Å². The number of carbonyl (C=O) groups excluding carboxylic acids is 3. The summed E-state index contributed by atoms with van der Waals surface area (Å²) in [5.74, 6) is -0.584. The summed E-state index contributed by atoms with van der Waals surface area (Å²) in [5.41, 5.74) is 0.365. The van der Waals surface area contributed by atoms with Gasteiger partial charge in [-0.25, -0.2) is 18.0 Å². The first-order valence-corrected chi connectivity index (χ1v) is 19.2. The number of aliphatic hydroxyl groups is 1. The predicted octanol–water partition coefficient (Wildman–Crippen LogP) is 2.33. The molecule has 5 rings (SSSR count). The van der Waals surface area contributed by atoms with Crippen molar-refractivity contribution in [3.8, 4) is 0 Å². The van der Waals surface area contributed by atoms with E-state index in [1.165, 1.54) is 12.1 Å². The minimum Gasteiger partial charge on any atom is -0.465 e. The number of nitrogens with one attached hydrogen (secondary N) is 5. The van der Waals surface area contributed by atoms with Crippen LogP contribution >= 0.6 is 0 Å². The molecule has 0 spiro atoms. The first-order valence-electron chi connectivity index (χ1n) is 17.7. The number of benzene rings is 2. The number of carbonyl (C=O) groups is 3. The monoisotopic (exact) mass is 747 g/mol. The van der Waals surface area contributed by atoms with E-state index in [0.717, 1.165) is 24.8 Å². The fourth-order valence-electron chi connectivity index (χ4n) is 6.69. The Morgan fingerprint density at radius 1 is 1.02 bits per heavy atom. The molecule has 16 nitrogen and oxygen atoms in total. The quantitative estimate of drug-likeness (QED) is 0.0737. The van der Waals surface area contributed by atoms with Crippen molar-refractivity contribution in [3.63, 3.8) is 0 Å². The third kappa shape index (κ3) is 11.2. The molecular weight excluding hydrogens is 698 g/mol. The van der Waals surface area contributed by atoms with Crippen molar-refractivity contribution in [3.05, 3.63) is 60.2 Å². The number of sulfonamides is 1. The molecule has 0 unspecified atom stereocenters. The van der Waals surface area contributed by atoms with E-state index >= 15 is 0 Å². The largest absolute Gasteiger partial charge is 0.465 e. The van der Waals surface area contributed by atoms with Gasteiger partial charge in [-0.05, 0) is 56.4 Å². The third-order valence-electron chi connectivity index (χ3n) is 9.36. The predicted molar refractivity (Wildman–Crippen MR) is 187 cm³/mol. The zero-order chi connectivity index (χ0) is 37.0. The van der Waals surface area contributed by atoms with Crippen LogP contribution in [0, 0.1) is 5.92 Å². The Morgan fingerprint density at radius 3 is 2.58 bits per heavy atom. The van der Waals surface area contributed by atoms with E-state index in [1.54, 1.807) is 19.1 Å². The van der Waals surface area contributed by atoms with Gasteiger partial charge in [0.1, 0.15) is 12.6 Å². The topological polar surface area (TPSA) is 212 Å². The second-order valence-corrected chi connectivity index (χ2v) is 14.8. The van der Waals surface area contributed by atoms with Gasteiger partial charge in [0.25, 0.3) is 10.0 Å². The number of esters is 1. The number of alkyl carbamates (subject to hydrolysis) is 1. The van der Waals surface area contributed by atoms with E-state index in [4.69, 9.17) is 23.8 Å². The molecule has 1 aliphatic carbocycles. The highest BCUT2D eigenvalue weighted by atomic mass is 32.2. The second-order valence-electron chi connectivity index (χ2n) is 13.1. The number of amides is 3. The number of urea groups is 1. The van der Waals surface area contributed by atoms with Crippen LogP contribution in [0.5, 0.6) is 0 Å². The molecular formula is C35H49N5O11S. The summed E-state index contributed by atoms with van der Waals surface area (Å²) in [4.78, 5) is 44.6. The van der Waals surface area contributed by atoms with Crippen molar-refractivity contribution in [1.29, 1.82) is 0 Å². The van der Waals surface area contributed by atoms with Crippen LogP contribution in [0.4, 0.5) is 15.3 Å². The highest BCUT2D eigenvalue weighted by molar-refractivity contribution is 7.89. The molecule has 1 saturated carbocycles. The highest BCUT2D eigenvalue weighted by Gasteiger charge is 2.45. The summed E-state index contributed by atoms with van der Waals surface area (Å²) >= 11 is 0. The Balaban J connectivity index is 1.16. The molecule has 5 atom stereocenters. The van der Waals surface area contributed by atoms with Gasteiger partial charge in [-0.1, -0.05) is 54.1 Å². The Kier molecular flexibility index (Phi) is 14.1. The minimum absolute atomic E-state index is 0.0386. The summed E-state index contributed by atoms with van der Waals surface area (Å²) in [6, 6.07) is 14.2. The van der Waals surface area contributed by atoms with E-state index < -0.39 is 52.0 Å². The lowest BCUT2D eigenvalue weighted by molar-refractivity contribution is -0.141. The lowest BCUT2D eigenvalue weighted by atomic mass is 9.89. The number of anilines is 1. The molecule has 2 aliphatic heterocycles. The average molecular weight is 748 g/mol. The van der Waals surface area contributed by atoms with Gasteiger partial charge in [-0.3, -0.25) is 9.63 Å². The fraction of sp³-hybridized carbons (Fsp3) is 0.571. The van der Waals surface area contributed by atoms with E-state index in [-0.39, 0.29) is 56.4 Å². The molecule has 2 aromatic carbocycles. The maximum Gasteiger partial charge on any atom is 0.407 e. The normalized spacial score (nSPS) is 21.8. The summed E-state index contributed by atoms with van der Waals surface area (Å²) in [5, 5.41) is 22.5. The van der Waals surface area contributed by atoms with E-state index in [2.05, 4.69) is 26.2 Å². The highest BCUT2D eigenvalue weighted by Crippen LogP contribution is 2.38. The average Bonchev–Trinajstić information content (AvgIpc) is 3.89. The van der Waals surface area contributed by atoms with Crippen LogP contribution in [0.3, 0.4) is 0 Å². The Labute approximate surface area is 303 Å². The van der Waals surface area contributed by atoms with Gasteiger partial charge >= 0.3 is 18.1 Å². The van der Waals surface area contributed by atoms with Crippen molar-refractivity contribution in [2.24, 2.45) is 5.92 Å². The van der Waals surface area contributed by atoms with Crippen LogP contribution in [0.1, 0.15) is 51.0 Å². The van der Waals surface area contributed by atoms with Crippen LogP contribution in [-0.2, 0) is 45.0 Å². The number of rotatable bonds is 18. The molecule has 0 bridgehead atoms. The molecule has 2 heterocycles. The van der Waals surface area contributed by atoms with Crippen molar-refractivity contribution in [2.75, 3.05) is 44.8 Å². The zero-order valence-electron chi connectivity index (χ0n) is 29.2. The molecule has 3 amide bonds. The van der Waals surface area contributed by atoms with E-state index in [1.807, 2.05) is 30.3 Å². The molecule has 3 aliphatic rings. The first kappa shape index (κ1) is 39.2. The maximum absolute atomic E-state index is 13.4. The number of hydrogen-bond donors (Lipinski definition) is 6. The molecule has 0 radical (unpaired) electrons. The molecule has 52 heavy (non-hydrogen) atoms. The molecule has 2 saturated heterocycles. The van der Waals surface area contributed by atoms with Crippen LogP contribution in [-0.4, -0.2) is 101 Å². The van der Waals surface area contributed by atoms with Gasteiger partial charge in [0.2, 0.25) is 0 Å². The van der Waals surface area contributed by atoms with Gasteiger partial charge in [0, 0.05) is 25.2 Å². The molecule has 286 valence electrons. The Hall–Kier alpha value is -4.00. The van der Waals surface area contributed by atoms with Crippen LogP contribution < -0.4 is 26.2 Å². The smallest absolute Gasteiger partial charge is 0.407 e. The third-order valence-corrected chi connectivity index (χ3v) is 10.5. The fourth-order valence-corrected chi connectivity index (χ4v) is 7.61. The number of ether oxygens (including phenoxy) is 4. The van der Waals surface area contributed by atoms with Gasteiger partial charge < -0.3 is 45.3 Å². The number of fused-ring (bicyclic) bond motifs is 1. The van der Waals surface area contributed by atoms with Gasteiger partial charge in [-0.15, -0.1) is 0 Å². The lowest BCUT2D eigenvalue weighted by Crippen LogP contribution is -2.50.